The number of rotatable bonds is 4. The Hall–Kier alpha value is -0.570. The highest BCUT2D eigenvalue weighted by Gasteiger charge is 2.35. The van der Waals surface area contributed by atoms with E-state index in [1.807, 2.05) is 0 Å². The van der Waals surface area contributed by atoms with Gasteiger partial charge in [-0.1, -0.05) is 12.8 Å². The van der Waals surface area contributed by atoms with Gasteiger partial charge in [-0.2, -0.15) is 0 Å². The molecule has 0 aliphatic heterocycles. The van der Waals surface area contributed by atoms with Gasteiger partial charge in [-0.15, -0.1) is 0 Å². The SMILES string of the molecule is C[C@@H](NC(=O)CC1(N)CCC1)C1CCCC1. The van der Waals surface area contributed by atoms with Gasteiger partial charge in [0, 0.05) is 18.0 Å². The molecule has 0 aromatic heterocycles. The average molecular weight is 224 g/mol. The second kappa shape index (κ2) is 4.74. The van der Waals surface area contributed by atoms with Gasteiger partial charge in [-0.05, 0) is 44.9 Å². The minimum Gasteiger partial charge on any atom is -0.353 e. The van der Waals surface area contributed by atoms with E-state index in [1.54, 1.807) is 0 Å². The van der Waals surface area contributed by atoms with E-state index in [4.69, 9.17) is 5.73 Å². The summed E-state index contributed by atoms with van der Waals surface area (Å²) >= 11 is 0. The second-order valence-electron chi connectivity index (χ2n) is 5.79. The van der Waals surface area contributed by atoms with E-state index in [0.29, 0.717) is 18.4 Å². The summed E-state index contributed by atoms with van der Waals surface area (Å²) in [6.07, 6.45) is 8.92. The third-order valence-electron chi connectivity index (χ3n) is 4.36. The predicted molar refractivity (Wildman–Crippen MR) is 64.9 cm³/mol. The predicted octanol–water partition coefficient (Wildman–Crippen LogP) is 1.95. The third-order valence-corrected chi connectivity index (χ3v) is 4.36. The first-order valence-corrected chi connectivity index (χ1v) is 6.67. The van der Waals surface area contributed by atoms with Crippen LogP contribution < -0.4 is 11.1 Å². The lowest BCUT2D eigenvalue weighted by atomic mass is 9.75. The van der Waals surface area contributed by atoms with Crippen LogP contribution in [0.5, 0.6) is 0 Å². The molecule has 1 atom stereocenters. The monoisotopic (exact) mass is 224 g/mol. The van der Waals surface area contributed by atoms with Crippen molar-refractivity contribution in [3.8, 4) is 0 Å². The third kappa shape index (κ3) is 2.76. The van der Waals surface area contributed by atoms with E-state index < -0.39 is 0 Å². The van der Waals surface area contributed by atoms with Gasteiger partial charge < -0.3 is 11.1 Å². The zero-order chi connectivity index (χ0) is 11.6. The lowest BCUT2D eigenvalue weighted by Gasteiger charge is -2.37. The molecule has 1 amide bonds. The number of carbonyl (C=O) groups is 1. The van der Waals surface area contributed by atoms with E-state index >= 15 is 0 Å². The van der Waals surface area contributed by atoms with Crippen LogP contribution in [0.2, 0.25) is 0 Å². The first kappa shape index (κ1) is 11.9. The molecule has 2 saturated carbocycles. The summed E-state index contributed by atoms with van der Waals surface area (Å²) in [5.41, 5.74) is 5.89. The molecule has 0 aromatic carbocycles. The molecule has 3 nitrogen and oxygen atoms in total. The van der Waals surface area contributed by atoms with E-state index in [1.165, 1.54) is 32.1 Å². The second-order valence-corrected chi connectivity index (χ2v) is 5.79. The van der Waals surface area contributed by atoms with Crippen LogP contribution in [0.4, 0.5) is 0 Å². The molecule has 2 rings (SSSR count). The van der Waals surface area contributed by atoms with E-state index in [-0.39, 0.29) is 11.4 Å². The van der Waals surface area contributed by atoms with Crippen molar-refractivity contribution < 1.29 is 4.79 Å². The molecule has 16 heavy (non-hydrogen) atoms. The largest absolute Gasteiger partial charge is 0.353 e. The van der Waals surface area contributed by atoms with Gasteiger partial charge in [-0.25, -0.2) is 0 Å². The fourth-order valence-electron chi connectivity index (χ4n) is 3.01. The molecular weight excluding hydrogens is 200 g/mol. The molecule has 0 bridgehead atoms. The number of nitrogens with one attached hydrogen (secondary N) is 1. The molecule has 3 heteroatoms. The number of carbonyl (C=O) groups excluding carboxylic acids is 1. The van der Waals surface area contributed by atoms with Crippen molar-refractivity contribution >= 4 is 5.91 Å². The maximum absolute atomic E-state index is 11.8. The lowest BCUT2D eigenvalue weighted by Crippen LogP contribution is -2.51. The van der Waals surface area contributed by atoms with Crippen molar-refractivity contribution in [1.82, 2.24) is 5.32 Å². The maximum atomic E-state index is 11.8. The van der Waals surface area contributed by atoms with Crippen LogP contribution in [-0.4, -0.2) is 17.5 Å². The van der Waals surface area contributed by atoms with E-state index in [0.717, 1.165) is 12.8 Å². The highest BCUT2D eigenvalue weighted by Crippen LogP contribution is 2.32. The molecule has 3 N–H and O–H groups in total. The Morgan fingerprint density at radius 2 is 2.00 bits per heavy atom. The Morgan fingerprint density at radius 1 is 1.38 bits per heavy atom. The molecule has 0 aromatic rings. The summed E-state index contributed by atoms with van der Waals surface area (Å²) in [5, 5.41) is 3.13. The summed E-state index contributed by atoms with van der Waals surface area (Å²) in [4.78, 5) is 11.8. The molecule has 0 spiro atoms. The minimum atomic E-state index is -0.181. The quantitative estimate of drug-likeness (QED) is 0.767. The number of hydrogen-bond acceptors (Lipinski definition) is 2. The Balaban J connectivity index is 1.73. The topological polar surface area (TPSA) is 55.1 Å². The fraction of sp³-hybridized carbons (Fsp3) is 0.923. The molecule has 0 saturated heterocycles. The van der Waals surface area contributed by atoms with Gasteiger partial charge in [0.15, 0.2) is 0 Å². The summed E-state index contributed by atoms with van der Waals surface area (Å²) < 4.78 is 0. The number of nitrogens with two attached hydrogens (primary N) is 1. The first-order chi connectivity index (χ1) is 7.59. The maximum Gasteiger partial charge on any atom is 0.222 e. The minimum absolute atomic E-state index is 0.154. The molecule has 2 aliphatic carbocycles. The van der Waals surface area contributed by atoms with Crippen molar-refractivity contribution in [2.24, 2.45) is 11.7 Å². The van der Waals surface area contributed by atoms with E-state index in [2.05, 4.69) is 12.2 Å². The summed E-state index contributed by atoms with van der Waals surface area (Å²) in [6.45, 7) is 2.14. The molecule has 2 aliphatic rings. The van der Waals surface area contributed by atoms with E-state index in [9.17, 15) is 4.79 Å². The van der Waals surface area contributed by atoms with Crippen LogP contribution >= 0.6 is 0 Å². The Labute approximate surface area is 98.2 Å². The molecular formula is C13H24N2O. The van der Waals surface area contributed by atoms with Crippen molar-refractivity contribution in [2.45, 2.75) is 69.9 Å². The first-order valence-electron chi connectivity index (χ1n) is 6.67. The van der Waals surface area contributed by atoms with Crippen LogP contribution in [0.1, 0.15) is 58.3 Å². The average Bonchev–Trinajstić information content (AvgIpc) is 2.67. The van der Waals surface area contributed by atoms with Crippen molar-refractivity contribution in [1.29, 1.82) is 0 Å². The Morgan fingerprint density at radius 3 is 2.50 bits per heavy atom. The van der Waals surface area contributed by atoms with Gasteiger partial charge in [-0.3, -0.25) is 4.79 Å². The van der Waals surface area contributed by atoms with Gasteiger partial charge >= 0.3 is 0 Å². The van der Waals surface area contributed by atoms with Crippen LogP contribution in [0, 0.1) is 5.92 Å². The smallest absolute Gasteiger partial charge is 0.222 e. The van der Waals surface area contributed by atoms with Gasteiger partial charge in [0.2, 0.25) is 5.91 Å². The van der Waals surface area contributed by atoms with Crippen molar-refractivity contribution in [2.75, 3.05) is 0 Å². The Kier molecular flexibility index (Phi) is 3.53. The van der Waals surface area contributed by atoms with Gasteiger partial charge in [0.05, 0.1) is 0 Å². The number of hydrogen-bond donors (Lipinski definition) is 2. The zero-order valence-corrected chi connectivity index (χ0v) is 10.3. The van der Waals surface area contributed by atoms with Crippen molar-refractivity contribution in [3.63, 3.8) is 0 Å². The summed E-state index contributed by atoms with van der Waals surface area (Å²) in [7, 11) is 0. The van der Waals surface area contributed by atoms with Crippen LogP contribution in [0.25, 0.3) is 0 Å². The fourth-order valence-corrected chi connectivity index (χ4v) is 3.01. The summed E-state index contributed by atoms with van der Waals surface area (Å²) in [6, 6.07) is 0.332. The standard InChI is InChI=1S/C13H24N2O/c1-10(11-5-2-3-6-11)15-12(16)9-13(14)7-4-8-13/h10-11H,2-9,14H2,1H3,(H,15,16)/t10-/m1/s1. The molecule has 0 unspecified atom stereocenters. The molecule has 0 radical (unpaired) electrons. The van der Waals surface area contributed by atoms with Crippen molar-refractivity contribution in [3.05, 3.63) is 0 Å². The van der Waals surface area contributed by atoms with Crippen LogP contribution in [0.15, 0.2) is 0 Å². The molecule has 0 heterocycles. The Bertz CT molecular complexity index is 255. The zero-order valence-electron chi connectivity index (χ0n) is 10.3. The highest BCUT2D eigenvalue weighted by atomic mass is 16.1. The molecule has 92 valence electrons. The normalized spacial score (nSPS) is 26.1. The lowest BCUT2D eigenvalue weighted by molar-refractivity contribution is -0.123. The van der Waals surface area contributed by atoms with Gasteiger partial charge in [0.1, 0.15) is 0 Å². The van der Waals surface area contributed by atoms with Crippen LogP contribution in [-0.2, 0) is 4.79 Å². The highest BCUT2D eigenvalue weighted by molar-refractivity contribution is 5.77. The number of amides is 1. The molecule has 2 fully saturated rings. The summed E-state index contributed by atoms with van der Waals surface area (Å²) in [5.74, 6) is 0.848. The van der Waals surface area contributed by atoms with Gasteiger partial charge in [0.25, 0.3) is 0 Å². The van der Waals surface area contributed by atoms with Crippen LogP contribution in [0.3, 0.4) is 0 Å².